The molecule has 3 aromatic heterocycles. The van der Waals surface area contributed by atoms with E-state index in [1.165, 1.54) is 5.56 Å². The number of carboxylic acid groups (broad SMARTS) is 1. The number of nitrogens with zero attached hydrogens (tertiary/aromatic N) is 4. The Morgan fingerprint density at radius 1 is 1.09 bits per heavy atom. The van der Waals surface area contributed by atoms with Gasteiger partial charge in [-0.25, -0.2) is 14.8 Å². The van der Waals surface area contributed by atoms with Crippen LogP contribution in [0.4, 0.5) is 13.2 Å². The summed E-state index contributed by atoms with van der Waals surface area (Å²) in [4.78, 5) is 36.7. The molecule has 168 valence electrons. The van der Waals surface area contributed by atoms with Crippen molar-refractivity contribution >= 4 is 23.2 Å². The number of carboxylic acids is 1. The van der Waals surface area contributed by atoms with E-state index in [1.807, 2.05) is 23.1 Å². The molecule has 0 aliphatic carbocycles. The topological polar surface area (TPSA) is 96.3 Å². The SMILES string of the molecule is O=C(Cc1ccccn1)N1CCc2ncnc(-c3ccsc3)c2CC1.O=C(O)C(F)(F)F. The lowest BCUT2D eigenvalue weighted by Gasteiger charge is -2.20. The molecular formula is C21H19F3N4O3S. The first-order valence-electron chi connectivity index (χ1n) is 9.59. The number of thiophene rings is 1. The van der Waals surface area contributed by atoms with Crippen LogP contribution in [-0.4, -0.2) is 56.1 Å². The first kappa shape index (κ1) is 23.3. The van der Waals surface area contributed by atoms with Crippen LogP contribution in [0.1, 0.15) is 17.0 Å². The van der Waals surface area contributed by atoms with Crippen LogP contribution in [-0.2, 0) is 28.9 Å². The third-order valence-electron chi connectivity index (χ3n) is 4.73. The van der Waals surface area contributed by atoms with Crippen LogP contribution in [0.3, 0.4) is 0 Å². The van der Waals surface area contributed by atoms with Gasteiger partial charge in [0.1, 0.15) is 6.33 Å². The maximum atomic E-state index is 12.6. The molecule has 0 bridgehead atoms. The van der Waals surface area contributed by atoms with Crippen LogP contribution in [0.15, 0.2) is 47.5 Å². The van der Waals surface area contributed by atoms with Gasteiger partial charge in [-0.05, 0) is 30.0 Å². The fourth-order valence-corrected chi connectivity index (χ4v) is 3.83. The fraction of sp³-hybridized carbons (Fsp3) is 0.286. The predicted molar refractivity (Wildman–Crippen MR) is 111 cm³/mol. The van der Waals surface area contributed by atoms with E-state index < -0.39 is 12.1 Å². The van der Waals surface area contributed by atoms with Crippen LogP contribution in [0.5, 0.6) is 0 Å². The Bertz CT molecular complexity index is 1060. The Balaban J connectivity index is 0.000000360. The molecule has 0 spiro atoms. The molecular weight excluding hydrogens is 445 g/mol. The van der Waals surface area contributed by atoms with Crippen molar-refractivity contribution in [1.29, 1.82) is 0 Å². The largest absolute Gasteiger partial charge is 0.490 e. The zero-order valence-electron chi connectivity index (χ0n) is 16.7. The minimum absolute atomic E-state index is 0.122. The molecule has 1 N–H and O–H groups in total. The number of fused-ring (bicyclic) bond motifs is 1. The first-order chi connectivity index (χ1) is 15.3. The number of hydrogen-bond donors (Lipinski definition) is 1. The van der Waals surface area contributed by atoms with E-state index in [1.54, 1.807) is 23.9 Å². The van der Waals surface area contributed by atoms with Gasteiger partial charge in [0, 0.05) is 53.6 Å². The van der Waals surface area contributed by atoms with Gasteiger partial charge < -0.3 is 10.0 Å². The van der Waals surface area contributed by atoms with Crippen molar-refractivity contribution in [3.8, 4) is 11.3 Å². The number of hydrogen-bond acceptors (Lipinski definition) is 6. The summed E-state index contributed by atoms with van der Waals surface area (Å²) in [5.41, 5.74) is 5.19. The number of aliphatic carboxylic acids is 1. The summed E-state index contributed by atoms with van der Waals surface area (Å²) in [5, 5.41) is 11.3. The lowest BCUT2D eigenvalue weighted by Crippen LogP contribution is -2.34. The van der Waals surface area contributed by atoms with Crippen molar-refractivity contribution in [3.63, 3.8) is 0 Å². The predicted octanol–water partition coefficient (Wildman–Crippen LogP) is 3.40. The van der Waals surface area contributed by atoms with Gasteiger partial charge in [0.2, 0.25) is 5.91 Å². The second-order valence-corrected chi connectivity index (χ2v) is 7.62. The lowest BCUT2D eigenvalue weighted by atomic mass is 10.0. The molecule has 4 rings (SSSR count). The number of pyridine rings is 1. The van der Waals surface area contributed by atoms with Crippen LogP contribution >= 0.6 is 11.3 Å². The van der Waals surface area contributed by atoms with Crippen molar-refractivity contribution in [2.45, 2.75) is 25.4 Å². The monoisotopic (exact) mass is 464 g/mol. The van der Waals surface area contributed by atoms with E-state index in [2.05, 4.69) is 31.8 Å². The Hall–Kier alpha value is -3.34. The summed E-state index contributed by atoms with van der Waals surface area (Å²) in [6.45, 7) is 1.39. The van der Waals surface area contributed by atoms with Gasteiger partial charge in [-0.15, -0.1) is 0 Å². The van der Waals surface area contributed by atoms with Gasteiger partial charge in [-0.1, -0.05) is 6.07 Å². The standard InChI is InChI=1S/C19H18N4OS.C2HF3O2/c24-18(11-15-3-1-2-7-20-15)23-8-4-16-17(5-9-23)21-13-22-19(16)14-6-10-25-12-14;3-2(4,5)1(6)7/h1-3,6-7,10,12-13H,4-5,8-9,11H2;(H,6,7). The second-order valence-electron chi connectivity index (χ2n) is 6.84. The lowest BCUT2D eigenvalue weighted by molar-refractivity contribution is -0.192. The van der Waals surface area contributed by atoms with E-state index in [4.69, 9.17) is 9.90 Å². The van der Waals surface area contributed by atoms with Gasteiger partial charge in [0.15, 0.2) is 0 Å². The molecule has 0 atom stereocenters. The minimum atomic E-state index is -5.08. The third-order valence-corrected chi connectivity index (χ3v) is 5.42. The van der Waals surface area contributed by atoms with E-state index in [9.17, 15) is 18.0 Å². The summed E-state index contributed by atoms with van der Waals surface area (Å²) in [6.07, 6.45) is 0.180. The molecule has 7 nitrogen and oxygen atoms in total. The maximum absolute atomic E-state index is 12.6. The zero-order valence-corrected chi connectivity index (χ0v) is 17.6. The van der Waals surface area contributed by atoms with Crippen molar-refractivity contribution in [2.75, 3.05) is 13.1 Å². The zero-order chi connectivity index (χ0) is 23.1. The number of rotatable bonds is 3. The quantitative estimate of drug-likeness (QED) is 0.638. The second kappa shape index (κ2) is 10.3. The molecule has 4 heterocycles. The molecule has 3 aromatic rings. The van der Waals surface area contributed by atoms with E-state index in [0.29, 0.717) is 19.5 Å². The minimum Gasteiger partial charge on any atom is -0.475 e. The summed E-state index contributed by atoms with van der Waals surface area (Å²) < 4.78 is 31.7. The molecule has 32 heavy (non-hydrogen) atoms. The highest BCUT2D eigenvalue weighted by atomic mass is 32.1. The van der Waals surface area contributed by atoms with E-state index in [0.717, 1.165) is 35.5 Å². The normalized spacial score (nSPS) is 13.4. The van der Waals surface area contributed by atoms with Crippen LogP contribution < -0.4 is 0 Å². The van der Waals surface area contributed by atoms with Crippen LogP contribution in [0, 0.1) is 0 Å². The highest BCUT2D eigenvalue weighted by Crippen LogP contribution is 2.27. The van der Waals surface area contributed by atoms with Crippen molar-refractivity contribution < 1.29 is 27.9 Å². The van der Waals surface area contributed by atoms with E-state index >= 15 is 0 Å². The molecule has 1 amide bonds. The third kappa shape index (κ3) is 6.10. The Morgan fingerprint density at radius 3 is 2.47 bits per heavy atom. The first-order valence-corrected chi connectivity index (χ1v) is 10.5. The molecule has 1 aliphatic rings. The molecule has 0 radical (unpaired) electrons. The van der Waals surface area contributed by atoms with Gasteiger partial charge in [-0.3, -0.25) is 9.78 Å². The van der Waals surface area contributed by atoms with Crippen molar-refractivity contribution in [3.05, 3.63) is 64.5 Å². The number of amides is 1. The average molecular weight is 464 g/mol. The van der Waals surface area contributed by atoms with Crippen LogP contribution in [0.2, 0.25) is 0 Å². The summed E-state index contributed by atoms with van der Waals surface area (Å²) in [5.74, 6) is -2.64. The summed E-state index contributed by atoms with van der Waals surface area (Å²) in [6, 6.07) is 7.75. The van der Waals surface area contributed by atoms with Gasteiger partial charge >= 0.3 is 12.1 Å². The number of halogens is 3. The Morgan fingerprint density at radius 2 is 1.84 bits per heavy atom. The molecule has 0 saturated carbocycles. The van der Waals surface area contributed by atoms with Gasteiger partial charge in [0.05, 0.1) is 12.1 Å². The number of alkyl halides is 3. The molecule has 1 aliphatic heterocycles. The maximum Gasteiger partial charge on any atom is 0.490 e. The van der Waals surface area contributed by atoms with Gasteiger partial charge in [-0.2, -0.15) is 24.5 Å². The Labute approximate surface area is 185 Å². The summed E-state index contributed by atoms with van der Waals surface area (Å²) >= 11 is 1.67. The smallest absolute Gasteiger partial charge is 0.475 e. The highest BCUT2D eigenvalue weighted by Gasteiger charge is 2.38. The van der Waals surface area contributed by atoms with Gasteiger partial charge in [0.25, 0.3) is 0 Å². The number of carbonyl (C=O) groups excluding carboxylic acids is 1. The molecule has 0 unspecified atom stereocenters. The molecule has 0 saturated heterocycles. The molecule has 11 heteroatoms. The highest BCUT2D eigenvalue weighted by molar-refractivity contribution is 7.08. The molecule has 0 aromatic carbocycles. The Kier molecular flexibility index (Phi) is 7.52. The molecule has 0 fully saturated rings. The van der Waals surface area contributed by atoms with Crippen molar-refractivity contribution in [2.24, 2.45) is 0 Å². The average Bonchev–Trinajstić information content (AvgIpc) is 3.20. The fourth-order valence-electron chi connectivity index (χ4n) is 3.19. The summed E-state index contributed by atoms with van der Waals surface area (Å²) in [7, 11) is 0. The van der Waals surface area contributed by atoms with Crippen LogP contribution in [0.25, 0.3) is 11.3 Å². The van der Waals surface area contributed by atoms with Crippen molar-refractivity contribution in [1.82, 2.24) is 19.9 Å². The van der Waals surface area contributed by atoms with E-state index in [-0.39, 0.29) is 5.91 Å². The number of carbonyl (C=O) groups is 2. The number of aromatic nitrogens is 3.